The third-order valence-corrected chi connectivity index (χ3v) is 4.54. The maximum absolute atomic E-state index is 13.2. The second-order valence-corrected chi connectivity index (χ2v) is 6.97. The number of esters is 1. The molecule has 0 aliphatic heterocycles. The van der Waals surface area contributed by atoms with Crippen LogP contribution in [0.3, 0.4) is 0 Å². The summed E-state index contributed by atoms with van der Waals surface area (Å²) in [6, 6.07) is 12.7. The van der Waals surface area contributed by atoms with Crippen LogP contribution in [-0.2, 0) is 9.57 Å². The smallest absolute Gasteiger partial charge is 0.340 e. The number of ether oxygens (including phenoxy) is 2. The largest absolute Gasteiger partial charge is 0.487 e. The number of nitrogens with zero attached hydrogens (tertiary/aromatic N) is 2. The first kappa shape index (κ1) is 23.8. The van der Waals surface area contributed by atoms with Gasteiger partial charge in [0.2, 0.25) is 0 Å². The van der Waals surface area contributed by atoms with Gasteiger partial charge in [0, 0.05) is 23.9 Å². The van der Waals surface area contributed by atoms with E-state index in [9.17, 15) is 9.18 Å². The van der Waals surface area contributed by atoms with Crippen molar-refractivity contribution in [3.63, 3.8) is 0 Å². The number of rotatable bonds is 11. The Morgan fingerprint density at radius 1 is 1.15 bits per heavy atom. The summed E-state index contributed by atoms with van der Waals surface area (Å²) in [6.07, 6.45) is 0.781. The fourth-order valence-corrected chi connectivity index (χ4v) is 2.91. The maximum atomic E-state index is 13.2. The predicted octanol–water partition coefficient (Wildman–Crippen LogP) is 4.91. The van der Waals surface area contributed by atoms with E-state index < -0.39 is 5.97 Å². The number of aromatic nitrogens is 1. The van der Waals surface area contributed by atoms with Crippen molar-refractivity contribution >= 4 is 17.4 Å². The molecule has 0 atom stereocenters. The molecule has 0 spiro atoms. The van der Waals surface area contributed by atoms with E-state index in [0.29, 0.717) is 52.9 Å². The van der Waals surface area contributed by atoms with Crippen LogP contribution in [0.5, 0.6) is 5.75 Å². The van der Waals surface area contributed by atoms with Crippen molar-refractivity contribution in [1.82, 2.24) is 5.16 Å². The molecule has 0 bridgehead atoms. The number of halogens is 1. The van der Waals surface area contributed by atoms with Gasteiger partial charge in [0.25, 0.3) is 0 Å². The fraction of sp³-hybridized carbons (Fsp3) is 0.292. The lowest BCUT2D eigenvalue weighted by Crippen LogP contribution is -2.14. The molecule has 8 nitrogen and oxygen atoms in total. The van der Waals surface area contributed by atoms with E-state index in [4.69, 9.17) is 18.8 Å². The van der Waals surface area contributed by atoms with E-state index in [1.54, 1.807) is 36.4 Å². The Hall–Kier alpha value is -3.88. The molecular formula is C24H26FN3O5. The molecule has 0 fully saturated rings. The van der Waals surface area contributed by atoms with Gasteiger partial charge in [-0.1, -0.05) is 17.2 Å². The average Bonchev–Trinajstić information content (AvgIpc) is 3.32. The van der Waals surface area contributed by atoms with Crippen LogP contribution in [0.15, 0.2) is 58.2 Å². The molecule has 0 radical (unpaired) electrons. The predicted molar refractivity (Wildman–Crippen MR) is 122 cm³/mol. The maximum Gasteiger partial charge on any atom is 0.340 e. The average molecular weight is 455 g/mol. The summed E-state index contributed by atoms with van der Waals surface area (Å²) in [6.45, 7) is 4.97. The zero-order valence-electron chi connectivity index (χ0n) is 18.8. The Morgan fingerprint density at radius 3 is 2.64 bits per heavy atom. The van der Waals surface area contributed by atoms with E-state index in [-0.39, 0.29) is 12.4 Å². The van der Waals surface area contributed by atoms with Crippen molar-refractivity contribution in [1.29, 1.82) is 0 Å². The molecule has 0 aliphatic rings. The molecule has 9 heteroatoms. The van der Waals surface area contributed by atoms with Gasteiger partial charge in [-0.3, -0.25) is 0 Å². The van der Waals surface area contributed by atoms with E-state index >= 15 is 0 Å². The van der Waals surface area contributed by atoms with E-state index in [1.165, 1.54) is 19.2 Å². The number of carbonyl (C=O) groups excluding carboxylic acids is 1. The highest BCUT2D eigenvalue weighted by molar-refractivity contribution is 6.00. The molecule has 0 saturated heterocycles. The molecular weight excluding hydrogens is 429 g/mol. The third kappa shape index (κ3) is 6.31. The molecule has 174 valence electrons. The number of hydrogen-bond donors (Lipinski definition) is 1. The van der Waals surface area contributed by atoms with Crippen LogP contribution < -0.4 is 10.1 Å². The lowest BCUT2D eigenvalue weighted by molar-refractivity contribution is 0.0601. The molecule has 0 unspecified atom stereocenters. The van der Waals surface area contributed by atoms with Gasteiger partial charge in [0.05, 0.1) is 12.7 Å². The second-order valence-electron chi connectivity index (χ2n) is 6.97. The number of nitrogens with one attached hydrogen (secondary N) is 1. The summed E-state index contributed by atoms with van der Waals surface area (Å²) >= 11 is 0. The molecule has 3 rings (SSSR count). The topological polar surface area (TPSA) is 95.2 Å². The number of oxime groups is 1. The zero-order valence-corrected chi connectivity index (χ0v) is 18.8. The highest BCUT2D eigenvalue weighted by Crippen LogP contribution is 2.24. The zero-order chi connectivity index (χ0) is 23.6. The Labute approximate surface area is 191 Å². The van der Waals surface area contributed by atoms with Crippen LogP contribution in [0.4, 0.5) is 10.1 Å². The molecule has 0 saturated carbocycles. The molecule has 0 amide bonds. The molecule has 0 aliphatic carbocycles. The van der Waals surface area contributed by atoms with Crippen molar-refractivity contribution in [2.75, 3.05) is 32.2 Å². The number of hydrogen-bond acceptors (Lipinski definition) is 8. The Kier molecular flexibility index (Phi) is 8.40. The number of anilines is 1. The van der Waals surface area contributed by atoms with E-state index in [1.807, 2.05) is 13.8 Å². The lowest BCUT2D eigenvalue weighted by Gasteiger charge is -2.12. The van der Waals surface area contributed by atoms with Gasteiger partial charge in [-0.25, -0.2) is 9.18 Å². The van der Waals surface area contributed by atoms with Crippen molar-refractivity contribution in [3.05, 3.63) is 65.7 Å². The first-order valence-electron chi connectivity index (χ1n) is 10.6. The standard InChI is InChI=1S/C24H26FN3O5/c1-4-12-32-27-22(23-14-21(28-33-23)16-6-8-17(25)9-7-16)15-31-18-10-11-20(26-5-2)19(13-18)24(29)30-3/h6-11,13-14,26H,4-5,12,15H2,1-3H3/b27-22+. The normalized spacial score (nSPS) is 11.2. The Balaban J connectivity index is 1.81. The summed E-state index contributed by atoms with van der Waals surface area (Å²) in [5.74, 6) is -0.0188. The van der Waals surface area contributed by atoms with Gasteiger partial charge >= 0.3 is 5.97 Å². The number of carbonyl (C=O) groups is 1. The number of benzene rings is 2. The Morgan fingerprint density at radius 2 is 1.94 bits per heavy atom. The van der Waals surface area contributed by atoms with Gasteiger partial charge in [-0.15, -0.1) is 0 Å². The highest BCUT2D eigenvalue weighted by atomic mass is 19.1. The fourth-order valence-electron chi connectivity index (χ4n) is 2.91. The van der Waals surface area contributed by atoms with E-state index in [2.05, 4.69) is 15.6 Å². The van der Waals surface area contributed by atoms with Gasteiger partial charge in [-0.05, 0) is 55.8 Å². The first-order chi connectivity index (χ1) is 16.0. The molecule has 2 aromatic carbocycles. The van der Waals surface area contributed by atoms with Gasteiger partial charge < -0.3 is 24.2 Å². The van der Waals surface area contributed by atoms with Crippen LogP contribution in [0, 0.1) is 5.82 Å². The SMILES string of the molecule is CCCO/N=C(\COc1ccc(NCC)c(C(=O)OC)c1)c1cc(-c2ccc(F)cc2)no1. The molecule has 33 heavy (non-hydrogen) atoms. The second kappa shape index (κ2) is 11.7. The number of methoxy groups -OCH3 is 1. The molecule has 1 N–H and O–H groups in total. The third-order valence-electron chi connectivity index (χ3n) is 4.54. The van der Waals surface area contributed by atoms with Gasteiger partial charge in [-0.2, -0.15) is 0 Å². The monoisotopic (exact) mass is 455 g/mol. The summed E-state index contributed by atoms with van der Waals surface area (Å²) in [4.78, 5) is 17.5. The summed E-state index contributed by atoms with van der Waals surface area (Å²) in [7, 11) is 1.32. The van der Waals surface area contributed by atoms with Crippen molar-refractivity contribution in [3.8, 4) is 17.0 Å². The molecule has 1 aromatic heterocycles. The van der Waals surface area contributed by atoms with Crippen LogP contribution in [0.2, 0.25) is 0 Å². The van der Waals surface area contributed by atoms with Crippen molar-refractivity contribution in [2.45, 2.75) is 20.3 Å². The van der Waals surface area contributed by atoms with Gasteiger partial charge in [0.1, 0.15) is 30.5 Å². The van der Waals surface area contributed by atoms with Gasteiger partial charge in [0.15, 0.2) is 11.5 Å². The van der Waals surface area contributed by atoms with Crippen molar-refractivity contribution in [2.24, 2.45) is 5.16 Å². The summed E-state index contributed by atoms with van der Waals surface area (Å²) in [5, 5.41) is 11.3. The minimum atomic E-state index is -0.476. The van der Waals surface area contributed by atoms with Crippen LogP contribution in [-0.4, -0.2) is 43.7 Å². The quantitative estimate of drug-likeness (QED) is 0.190. The van der Waals surface area contributed by atoms with E-state index in [0.717, 1.165) is 6.42 Å². The summed E-state index contributed by atoms with van der Waals surface area (Å²) < 4.78 is 29.4. The van der Waals surface area contributed by atoms with Crippen LogP contribution in [0.25, 0.3) is 11.3 Å². The minimum Gasteiger partial charge on any atom is -0.487 e. The van der Waals surface area contributed by atoms with Crippen LogP contribution in [0.1, 0.15) is 36.4 Å². The molecule has 3 aromatic rings. The Bertz CT molecular complexity index is 1100. The molecule has 1 heterocycles. The van der Waals surface area contributed by atoms with Crippen molar-refractivity contribution < 1.29 is 28.0 Å². The summed E-state index contributed by atoms with van der Waals surface area (Å²) in [5.41, 5.74) is 2.60. The lowest BCUT2D eigenvalue weighted by atomic mass is 10.1. The first-order valence-corrected chi connectivity index (χ1v) is 10.6. The highest BCUT2D eigenvalue weighted by Gasteiger charge is 2.17. The van der Waals surface area contributed by atoms with Crippen LogP contribution >= 0.6 is 0 Å². The minimum absolute atomic E-state index is 0.00291.